The van der Waals surface area contributed by atoms with E-state index in [2.05, 4.69) is 4.98 Å². The lowest BCUT2D eigenvalue weighted by Crippen LogP contribution is -2.53. The maximum atomic E-state index is 15.5. The van der Waals surface area contributed by atoms with Crippen LogP contribution in [-0.2, 0) is 41.6 Å². The Morgan fingerprint density at radius 3 is 2.28 bits per heavy atom. The van der Waals surface area contributed by atoms with Crippen molar-refractivity contribution in [3.8, 4) is 23.0 Å². The van der Waals surface area contributed by atoms with Crippen molar-refractivity contribution in [3.63, 3.8) is 0 Å². The highest BCUT2D eigenvalue weighted by atomic mass is 35.5. The lowest BCUT2D eigenvalue weighted by Gasteiger charge is -2.49. The molecule has 4 heterocycles. The number of nitrogens with zero attached hydrogens (tertiary/aromatic N) is 6. The van der Waals surface area contributed by atoms with E-state index in [1.807, 2.05) is 12.1 Å². The van der Waals surface area contributed by atoms with Crippen LogP contribution in [0.5, 0.6) is 23.0 Å². The van der Waals surface area contributed by atoms with Gasteiger partial charge in [-0.15, -0.1) is 0 Å². The molecule has 17 heteroatoms. The fourth-order valence-electron chi connectivity index (χ4n) is 9.63. The largest absolute Gasteiger partial charge is 0.503 e. The third kappa shape index (κ3) is 5.85. The molecule has 2 amide bonds. The topological polar surface area (TPSA) is 169 Å². The third-order valence-corrected chi connectivity index (χ3v) is 12.9. The molecule has 1 saturated heterocycles. The summed E-state index contributed by atoms with van der Waals surface area (Å²) in [6, 6.07) is 21.0. The molecule has 1 saturated carbocycles. The van der Waals surface area contributed by atoms with E-state index in [4.69, 9.17) is 37.4 Å². The monoisotopic (exact) mass is 864 g/mol. The highest BCUT2D eigenvalue weighted by molar-refractivity contribution is 6.33. The Bertz CT molecular complexity index is 3050. The van der Waals surface area contributed by atoms with Crippen molar-refractivity contribution in [2.75, 3.05) is 26.2 Å². The number of carbonyl (C=O) groups is 2. The summed E-state index contributed by atoms with van der Waals surface area (Å²) >= 11 is 13.1. The molecular weight excluding hydrogens is 827 g/mol. The standard InChI is InChI=1S/C44H38Cl2N6O9/c1-48-33-22-35(60-3)34(59-2)21-31(33)47-30(40(48)55)14-15-49-42(57)50-16-13-27-32(52(50)43(49)58)20-28-39(54)51(26-12-8-11-25(45)19-26)41(56)44(28,24-9-6-5-7-10-24)37(27)23-17-29(46)38(53)36(18-23)61-4/h5-13,17-19,21-22,28,32,37,53H,14-16,20H2,1-4H3/t28-,32+,37-,44+/m0/s1. The lowest BCUT2D eigenvalue weighted by molar-refractivity contribution is -0.124. The number of ether oxygens (including phenoxy) is 3. The maximum absolute atomic E-state index is 15.5. The van der Waals surface area contributed by atoms with E-state index in [0.717, 1.165) is 9.47 Å². The van der Waals surface area contributed by atoms with E-state index in [9.17, 15) is 19.5 Å². The van der Waals surface area contributed by atoms with E-state index >= 15 is 9.59 Å². The summed E-state index contributed by atoms with van der Waals surface area (Å²) in [6.07, 6.45) is 1.72. The average molecular weight is 866 g/mol. The van der Waals surface area contributed by atoms with E-state index in [1.165, 1.54) is 41.3 Å². The Balaban J connectivity index is 1.20. The number of hydrogen-bond donors (Lipinski definition) is 1. The number of aromatic hydroxyl groups is 1. The van der Waals surface area contributed by atoms with Crippen LogP contribution in [0.4, 0.5) is 5.69 Å². The van der Waals surface area contributed by atoms with Crippen LogP contribution in [-0.4, -0.2) is 61.7 Å². The Morgan fingerprint density at radius 1 is 0.852 bits per heavy atom. The molecule has 3 aliphatic rings. The number of imide groups is 1. The first-order valence-corrected chi connectivity index (χ1v) is 20.1. The van der Waals surface area contributed by atoms with Crippen LogP contribution in [0.15, 0.2) is 105 Å². The number of aromatic nitrogens is 5. The van der Waals surface area contributed by atoms with Crippen molar-refractivity contribution >= 4 is 51.7 Å². The van der Waals surface area contributed by atoms with Crippen molar-refractivity contribution in [2.45, 2.75) is 43.3 Å². The van der Waals surface area contributed by atoms with E-state index in [1.54, 1.807) is 73.8 Å². The molecular formula is C44H38Cl2N6O9. The summed E-state index contributed by atoms with van der Waals surface area (Å²) in [4.78, 5) is 78.7. The van der Waals surface area contributed by atoms with Gasteiger partial charge in [-0.05, 0) is 53.5 Å². The van der Waals surface area contributed by atoms with Crippen LogP contribution in [0.25, 0.3) is 11.0 Å². The minimum Gasteiger partial charge on any atom is -0.503 e. The molecule has 0 unspecified atom stereocenters. The maximum Gasteiger partial charge on any atom is 0.347 e. The fourth-order valence-corrected chi connectivity index (χ4v) is 10.0. The minimum atomic E-state index is -1.60. The Morgan fingerprint density at radius 2 is 1.57 bits per heavy atom. The number of carbonyl (C=O) groups excluding carboxylic acids is 2. The summed E-state index contributed by atoms with van der Waals surface area (Å²) in [5, 5.41) is 11.1. The van der Waals surface area contributed by atoms with Crippen molar-refractivity contribution in [2.24, 2.45) is 13.0 Å². The molecule has 2 aliphatic heterocycles. The summed E-state index contributed by atoms with van der Waals surface area (Å²) < 4.78 is 21.5. The molecule has 6 aromatic rings. The minimum absolute atomic E-state index is 0.0375. The zero-order valence-corrected chi connectivity index (χ0v) is 34.8. The van der Waals surface area contributed by atoms with Crippen LogP contribution in [0.1, 0.15) is 35.2 Å². The lowest BCUT2D eigenvalue weighted by atomic mass is 9.53. The Kier molecular flexibility index (Phi) is 9.70. The van der Waals surface area contributed by atoms with Crippen molar-refractivity contribution in [3.05, 3.63) is 149 Å². The second-order valence-corrected chi connectivity index (χ2v) is 16.0. The number of methoxy groups -OCH3 is 3. The normalized spacial score (nSPS) is 20.6. The van der Waals surface area contributed by atoms with Gasteiger partial charge in [-0.2, -0.15) is 0 Å². The first-order valence-electron chi connectivity index (χ1n) is 19.3. The van der Waals surface area contributed by atoms with Crippen molar-refractivity contribution in [1.82, 2.24) is 23.5 Å². The first-order chi connectivity index (χ1) is 29.3. The zero-order chi connectivity index (χ0) is 43.1. The molecule has 9 rings (SSSR count). The molecule has 4 atom stereocenters. The number of hydrogen-bond acceptors (Lipinski definition) is 10. The molecule has 1 aliphatic carbocycles. The third-order valence-electron chi connectivity index (χ3n) is 12.3. The summed E-state index contributed by atoms with van der Waals surface area (Å²) in [5.41, 5.74) is -0.373. The van der Waals surface area contributed by atoms with Gasteiger partial charge in [0.2, 0.25) is 11.8 Å². The van der Waals surface area contributed by atoms with E-state index in [0.29, 0.717) is 44.3 Å². The molecule has 1 N–H and O–H groups in total. The Hall–Kier alpha value is -6.58. The van der Waals surface area contributed by atoms with Crippen molar-refractivity contribution in [1.29, 1.82) is 0 Å². The van der Waals surface area contributed by atoms with E-state index < -0.39 is 52.0 Å². The highest BCUT2D eigenvalue weighted by Gasteiger charge is 2.68. The number of amides is 2. The van der Waals surface area contributed by atoms with Gasteiger partial charge in [0, 0.05) is 43.1 Å². The van der Waals surface area contributed by atoms with Crippen LogP contribution >= 0.6 is 23.2 Å². The van der Waals surface area contributed by atoms with Gasteiger partial charge < -0.3 is 23.9 Å². The average Bonchev–Trinajstić information content (AvgIpc) is 3.65. The molecule has 4 aromatic carbocycles. The van der Waals surface area contributed by atoms with Gasteiger partial charge in [0.1, 0.15) is 5.69 Å². The molecule has 2 aromatic heterocycles. The number of allylic oxidation sites excluding steroid dienone is 2. The van der Waals surface area contributed by atoms with Gasteiger partial charge in [-0.3, -0.25) is 14.4 Å². The van der Waals surface area contributed by atoms with Crippen LogP contribution in [0.2, 0.25) is 10.0 Å². The predicted octanol–water partition coefficient (Wildman–Crippen LogP) is 5.14. The van der Waals surface area contributed by atoms with Gasteiger partial charge in [0.25, 0.3) is 5.56 Å². The van der Waals surface area contributed by atoms with Gasteiger partial charge in [-0.25, -0.2) is 33.4 Å². The number of phenolic OH excluding ortho intramolecular Hbond substituents is 1. The zero-order valence-electron chi connectivity index (χ0n) is 33.3. The molecule has 61 heavy (non-hydrogen) atoms. The number of anilines is 1. The van der Waals surface area contributed by atoms with Crippen LogP contribution < -0.4 is 36.0 Å². The summed E-state index contributed by atoms with van der Waals surface area (Å²) in [6.45, 7) is -0.237. The highest BCUT2D eigenvalue weighted by Crippen LogP contribution is 2.63. The quantitative estimate of drug-likeness (QED) is 0.152. The molecule has 0 spiro atoms. The van der Waals surface area contributed by atoms with Gasteiger partial charge in [-0.1, -0.05) is 65.7 Å². The first kappa shape index (κ1) is 39.9. The number of fused-ring (bicyclic) bond motifs is 5. The van der Waals surface area contributed by atoms with Gasteiger partial charge in [0.15, 0.2) is 23.0 Å². The summed E-state index contributed by atoms with van der Waals surface area (Å²) in [5.74, 6) is -2.52. The summed E-state index contributed by atoms with van der Waals surface area (Å²) in [7, 11) is 5.95. The van der Waals surface area contributed by atoms with Crippen LogP contribution in [0, 0.1) is 5.92 Å². The smallest absolute Gasteiger partial charge is 0.347 e. The molecule has 2 fully saturated rings. The predicted molar refractivity (Wildman–Crippen MR) is 226 cm³/mol. The fraction of sp³-hybridized carbons (Fsp3) is 0.273. The second-order valence-electron chi connectivity index (χ2n) is 15.2. The number of aryl methyl sites for hydroxylation is 2. The number of phenols is 1. The molecule has 0 radical (unpaired) electrons. The molecule has 0 bridgehead atoms. The second kappa shape index (κ2) is 14.9. The SMILES string of the molecule is COc1cc2nc(CCn3c(=O)n4n(c3=O)[C@@H]3C[C@H]5C(=O)N(c6cccc(Cl)c6)C(=O)[C@@]5(c5ccccc5)[C@@H](c5cc(Cl)c(O)c(OC)c5)C3=CC4)c(=O)n(C)c2cc1OC. The van der Waals surface area contributed by atoms with Gasteiger partial charge in [0.05, 0.1) is 67.0 Å². The Labute approximate surface area is 357 Å². The van der Waals surface area contributed by atoms with E-state index in [-0.39, 0.29) is 53.8 Å². The number of halogens is 2. The molecule has 312 valence electrons. The van der Waals surface area contributed by atoms with Crippen molar-refractivity contribution < 1.29 is 28.9 Å². The van der Waals surface area contributed by atoms with Gasteiger partial charge >= 0.3 is 11.4 Å². The van der Waals surface area contributed by atoms with Crippen LogP contribution in [0.3, 0.4) is 0 Å². The molecule has 15 nitrogen and oxygen atoms in total. The number of benzene rings is 4. The number of rotatable bonds is 9.